The summed E-state index contributed by atoms with van der Waals surface area (Å²) < 4.78 is 0. The van der Waals surface area contributed by atoms with Gasteiger partial charge in [0.2, 0.25) is 0 Å². The second-order valence-corrected chi connectivity index (χ2v) is 5.59. The molecule has 4 nitrogen and oxygen atoms in total. The van der Waals surface area contributed by atoms with Gasteiger partial charge in [0, 0.05) is 18.5 Å². The van der Waals surface area contributed by atoms with Crippen LogP contribution in [0.5, 0.6) is 0 Å². The Labute approximate surface area is 127 Å². The highest BCUT2D eigenvalue weighted by Crippen LogP contribution is 2.12. The number of hydrogen-bond donors (Lipinski definition) is 2. The molecule has 2 rings (SSSR count). The van der Waals surface area contributed by atoms with Crippen molar-refractivity contribution in [2.24, 2.45) is 0 Å². The Morgan fingerprint density at radius 2 is 2.24 bits per heavy atom. The zero-order chi connectivity index (χ0) is 15.1. The number of aliphatic hydroxyl groups is 1. The van der Waals surface area contributed by atoms with E-state index in [1.54, 1.807) is 6.20 Å². The van der Waals surface area contributed by atoms with Crippen LogP contribution in [0.3, 0.4) is 0 Å². The Hall–Kier alpha value is -2.16. The average molecular weight is 300 g/mol. The molecule has 0 aliphatic heterocycles. The van der Waals surface area contributed by atoms with Crippen molar-refractivity contribution in [2.75, 3.05) is 6.61 Å². The van der Waals surface area contributed by atoms with Gasteiger partial charge in [-0.3, -0.25) is 4.79 Å². The highest BCUT2D eigenvalue weighted by Gasteiger charge is 2.09. The summed E-state index contributed by atoms with van der Waals surface area (Å²) >= 11 is 1.37. The molecule has 1 heterocycles. The summed E-state index contributed by atoms with van der Waals surface area (Å²) in [6.07, 6.45) is 2.03. The first-order valence-electron chi connectivity index (χ1n) is 6.59. The topological polar surface area (TPSA) is 62.2 Å². The van der Waals surface area contributed by atoms with E-state index in [4.69, 9.17) is 5.11 Å². The first kappa shape index (κ1) is 15.2. The van der Waals surface area contributed by atoms with Crippen LogP contribution in [-0.2, 0) is 6.54 Å². The van der Waals surface area contributed by atoms with Crippen LogP contribution in [0.4, 0.5) is 0 Å². The summed E-state index contributed by atoms with van der Waals surface area (Å²) in [6, 6.07) is 7.65. The van der Waals surface area contributed by atoms with Crippen LogP contribution >= 0.6 is 11.3 Å². The molecule has 0 saturated heterocycles. The number of aryl methyl sites for hydroxylation is 1. The fraction of sp³-hybridized carbons (Fsp3) is 0.250. The van der Waals surface area contributed by atoms with Gasteiger partial charge in [-0.25, -0.2) is 4.98 Å². The van der Waals surface area contributed by atoms with Gasteiger partial charge in [-0.2, -0.15) is 0 Å². The van der Waals surface area contributed by atoms with E-state index < -0.39 is 0 Å². The molecule has 0 aliphatic rings. The van der Waals surface area contributed by atoms with Gasteiger partial charge in [0.05, 0.1) is 17.8 Å². The van der Waals surface area contributed by atoms with Gasteiger partial charge in [-0.05, 0) is 18.6 Å². The van der Waals surface area contributed by atoms with Crippen LogP contribution in [0.25, 0.3) is 0 Å². The van der Waals surface area contributed by atoms with Crippen molar-refractivity contribution in [1.82, 2.24) is 10.3 Å². The molecule has 0 atom stereocenters. The number of carbonyl (C=O) groups is 1. The summed E-state index contributed by atoms with van der Waals surface area (Å²) in [5.74, 6) is 5.78. The third-order valence-corrected chi connectivity index (χ3v) is 3.67. The highest BCUT2D eigenvalue weighted by molar-refractivity contribution is 7.13. The van der Waals surface area contributed by atoms with E-state index in [0.29, 0.717) is 17.8 Å². The van der Waals surface area contributed by atoms with E-state index in [0.717, 1.165) is 16.1 Å². The molecule has 0 radical (unpaired) electrons. The van der Waals surface area contributed by atoms with Crippen LogP contribution in [0, 0.1) is 18.8 Å². The third-order valence-electron chi connectivity index (χ3n) is 2.76. The Morgan fingerprint density at radius 1 is 1.43 bits per heavy atom. The van der Waals surface area contributed by atoms with Crippen LogP contribution in [0.15, 0.2) is 30.5 Å². The fourth-order valence-electron chi connectivity index (χ4n) is 1.74. The number of carbonyl (C=O) groups excluding carboxylic acids is 1. The van der Waals surface area contributed by atoms with Crippen molar-refractivity contribution >= 4 is 17.2 Å². The lowest BCUT2D eigenvalue weighted by atomic mass is 10.1. The van der Waals surface area contributed by atoms with Gasteiger partial charge in [0.1, 0.15) is 4.88 Å². The molecule has 1 amide bonds. The normalized spacial score (nSPS) is 9.81. The Morgan fingerprint density at radius 3 is 2.95 bits per heavy atom. The molecule has 2 aromatic rings. The molecule has 0 spiro atoms. The molecular weight excluding hydrogens is 284 g/mol. The zero-order valence-corrected chi connectivity index (χ0v) is 12.5. The Kier molecular flexibility index (Phi) is 5.50. The van der Waals surface area contributed by atoms with Crippen LogP contribution in [-0.4, -0.2) is 22.6 Å². The van der Waals surface area contributed by atoms with Gasteiger partial charge < -0.3 is 10.4 Å². The molecule has 0 aliphatic carbocycles. The largest absolute Gasteiger partial charge is 0.395 e. The van der Waals surface area contributed by atoms with Crippen LogP contribution in [0.1, 0.15) is 32.2 Å². The van der Waals surface area contributed by atoms with E-state index in [-0.39, 0.29) is 12.5 Å². The summed E-state index contributed by atoms with van der Waals surface area (Å²) in [5, 5.41) is 12.5. The maximum Gasteiger partial charge on any atom is 0.263 e. The molecular formula is C16H16N2O2S. The van der Waals surface area contributed by atoms with Gasteiger partial charge in [-0.1, -0.05) is 30.0 Å². The molecule has 0 bridgehead atoms. The van der Waals surface area contributed by atoms with Gasteiger partial charge in [0.15, 0.2) is 0 Å². The predicted molar refractivity (Wildman–Crippen MR) is 83.0 cm³/mol. The van der Waals surface area contributed by atoms with Crippen molar-refractivity contribution in [2.45, 2.75) is 19.9 Å². The van der Waals surface area contributed by atoms with E-state index in [1.165, 1.54) is 11.3 Å². The van der Waals surface area contributed by atoms with Crippen molar-refractivity contribution in [1.29, 1.82) is 0 Å². The fourth-order valence-corrected chi connectivity index (χ4v) is 2.43. The number of hydrogen-bond acceptors (Lipinski definition) is 4. The smallest absolute Gasteiger partial charge is 0.263 e. The number of aromatic nitrogens is 1. The molecule has 0 fully saturated rings. The van der Waals surface area contributed by atoms with E-state index in [1.807, 2.05) is 31.2 Å². The minimum Gasteiger partial charge on any atom is -0.395 e. The van der Waals surface area contributed by atoms with E-state index in [9.17, 15) is 4.79 Å². The maximum atomic E-state index is 12.0. The quantitative estimate of drug-likeness (QED) is 0.850. The predicted octanol–water partition coefficient (Wildman–Crippen LogP) is 2.12. The van der Waals surface area contributed by atoms with Crippen molar-refractivity contribution in [3.8, 4) is 11.8 Å². The zero-order valence-electron chi connectivity index (χ0n) is 11.7. The number of aliphatic hydroxyl groups excluding tert-OH is 1. The summed E-state index contributed by atoms with van der Waals surface area (Å²) in [5.41, 5.74) is 1.82. The van der Waals surface area contributed by atoms with Gasteiger partial charge in [-0.15, -0.1) is 11.3 Å². The molecule has 21 heavy (non-hydrogen) atoms. The van der Waals surface area contributed by atoms with Gasteiger partial charge in [0.25, 0.3) is 5.91 Å². The first-order chi connectivity index (χ1) is 10.2. The molecule has 0 unspecified atom stereocenters. The third kappa shape index (κ3) is 4.42. The molecule has 0 saturated carbocycles. The molecule has 108 valence electrons. The second-order valence-electron chi connectivity index (χ2n) is 4.36. The first-order valence-corrected chi connectivity index (χ1v) is 7.40. The number of nitrogens with one attached hydrogen (secondary N) is 1. The Balaban J connectivity index is 2.03. The number of amides is 1. The van der Waals surface area contributed by atoms with Crippen molar-refractivity contribution in [3.63, 3.8) is 0 Å². The average Bonchev–Trinajstić information content (AvgIpc) is 2.93. The lowest BCUT2D eigenvalue weighted by Crippen LogP contribution is -2.22. The minimum atomic E-state index is -0.126. The van der Waals surface area contributed by atoms with E-state index in [2.05, 4.69) is 22.1 Å². The molecule has 1 aromatic carbocycles. The number of benzene rings is 1. The molecule has 1 aromatic heterocycles. The molecule has 5 heteroatoms. The van der Waals surface area contributed by atoms with Gasteiger partial charge >= 0.3 is 0 Å². The Bertz CT molecular complexity index is 683. The number of thiazole rings is 1. The number of nitrogens with zero attached hydrogens (tertiary/aromatic N) is 1. The summed E-state index contributed by atoms with van der Waals surface area (Å²) in [7, 11) is 0. The maximum absolute atomic E-state index is 12.0. The van der Waals surface area contributed by atoms with E-state index >= 15 is 0 Å². The summed E-state index contributed by atoms with van der Waals surface area (Å²) in [4.78, 5) is 16.7. The highest BCUT2D eigenvalue weighted by atomic mass is 32.1. The monoisotopic (exact) mass is 300 g/mol. The van der Waals surface area contributed by atoms with Crippen LogP contribution < -0.4 is 5.32 Å². The lowest BCUT2D eigenvalue weighted by Gasteiger charge is -2.06. The molecule has 2 N–H and O–H groups in total. The van der Waals surface area contributed by atoms with Crippen molar-refractivity contribution in [3.05, 3.63) is 51.5 Å². The number of rotatable bonds is 4. The van der Waals surface area contributed by atoms with Crippen molar-refractivity contribution < 1.29 is 9.90 Å². The SMILES string of the molecule is Cc1ncc(C(=O)NCc2ccccc2C#CCCO)s1. The minimum absolute atomic E-state index is 0.0522. The second kappa shape index (κ2) is 7.58. The standard InChI is InChI=1S/C16H16N2O2S/c1-12-17-11-15(21-12)16(20)18-10-14-8-3-2-6-13(14)7-4-5-9-19/h2-3,6,8,11,19H,5,9-10H2,1H3,(H,18,20). The van der Waals surface area contributed by atoms with Crippen LogP contribution in [0.2, 0.25) is 0 Å². The summed E-state index contributed by atoms with van der Waals surface area (Å²) in [6.45, 7) is 2.34. The lowest BCUT2D eigenvalue weighted by molar-refractivity contribution is 0.0954.